The Morgan fingerprint density at radius 1 is 0.780 bits per heavy atom. The van der Waals surface area contributed by atoms with E-state index in [1.165, 1.54) is 0 Å². The molecule has 1 aromatic rings. The Hall–Kier alpha value is -4.40. The van der Waals surface area contributed by atoms with Gasteiger partial charge in [-0.1, -0.05) is 44.2 Å². The van der Waals surface area contributed by atoms with Gasteiger partial charge in [0, 0.05) is 19.5 Å². The molecule has 15 heteroatoms. The Balaban J connectivity index is 2.98. The summed E-state index contributed by atoms with van der Waals surface area (Å²) >= 11 is 0. The summed E-state index contributed by atoms with van der Waals surface area (Å²) in [5.41, 5.74) is 28.0. The molecule has 0 heterocycles. The monoisotopic (exact) mass is 576 g/mol. The first-order valence-corrected chi connectivity index (χ1v) is 13.4. The molecule has 15 nitrogen and oxygen atoms in total. The summed E-state index contributed by atoms with van der Waals surface area (Å²) in [6.07, 6.45) is 1.20. The Morgan fingerprint density at radius 3 is 1.83 bits per heavy atom. The molecule has 14 N–H and O–H groups in total. The molecule has 0 aliphatic carbocycles. The molecular weight excluding hydrogens is 532 g/mol. The van der Waals surface area contributed by atoms with Crippen LogP contribution < -0.4 is 44.6 Å². The maximum absolute atomic E-state index is 13.3. The third-order valence-corrected chi connectivity index (χ3v) is 6.03. The van der Waals surface area contributed by atoms with E-state index in [9.17, 15) is 24.3 Å². The molecule has 3 amide bonds. The highest BCUT2D eigenvalue weighted by molar-refractivity contribution is 5.94. The number of nitrogens with zero attached hydrogens (tertiary/aromatic N) is 2. The van der Waals surface area contributed by atoms with Crippen LogP contribution in [-0.4, -0.2) is 78.0 Å². The number of guanidine groups is 2. The van der Waals surface area contributed by atoms with Crippen molar-refractivity contribution in [1.82, 2.24) is 16.0 Å². The predicted molar refractivity (Wildman–Crippen MR) is 156 cm³/mol. The third-order valence-electron chi connectivity index (χ3n) is 6.03. The molecule has 1 aromatic carbocycles. The normalized spacial score (nSPS) is 13.7. The van der Waals surface area contributed by atoms with Gasteiger partial charge in [0.15, 0.2) is 11.9 Å². The van der Waals surface area contributed by atoms with Crippen LogP contribution in [-0.2, 0) is 25.6 Å². The summed E-state index contributed by atoms with van der Waals surface area (Å²) in [5.74, 6) is -3.65. The molecule has 0 bridgehead atoms. The number of amides is 3. The van der Waals surface area contributed by atoms with Gasteiger partial charge in [0.2, 0.25) is 17.7 Å². The second-order valence-corrected chi connectivity index (χ2v) is 9.88. The number of hydrogen-bond acceptors (Lipinski definition) is 7. The predicted octanol–water partition coefficient (Wildman–Crippen LogP) is -2.14. The van der Waals surface area contributed by atoms with Crippen LogP contribution in [0.15, 0.2) is 40.3 Å². The van der Waals surface area contributed by atoms with Crippen LogP contribution in [0, 0.1) is 5.92 Å². The average molecular weight is 577 g/mol. The summed E-state index contributed by atoms with van der Waals surface area (Å²) in [5, 5.41) is 17.5. The number of benzene rings is 1. The highest BCUT2D eigenvalue weighted by Crippen LogP contribution is 2.08. The standard InChI is InChI=1S/C26H44N10O5/c1-15(2)20(36-21(37)17(27)10-6-12-32-25(28)29)23(39)34-18(11-7-13-33-26(30)31)22(38)35-19(24(40)41)14-16-8-4-3-5-9-16/h3-5,8-9,15,17-20H,6-7,10-14,27H2,1-2H3,(H,34,39)(H,35,38)(H,36,37)(H,40,41)(H4,28,29,32)(H4,30,31,33). The lowest BCUT2D eigenvalue weighted by atomic mass is 10.0. The van der Waals surface area contributed by atoms with Crippen molar-refractivity contribution in [2.45, 2.75) is 70.1 Å². The number of hydrogen-bond donors (Lipinski definition) is 9. The minimum atomic E-state index is -1.24. The molecule has 0 radical (unpaired) electrons. The van der Waals surface area contributed by atoms with Gasteiger partial charge < -0.3 is 49.7 Å². The SMILES string of the molecule is CC(C)C(NC(=O)C(N)CCCN=C(N)N)C(=O)NC(CCCN=C(N)N)C(=O)NC(Cc1ccccc1)C(=O)O. The number of carboxylic acid groups (broad SMARTS) is 1. The summed E-state index contributed by atoms with van der Waals surface area (Å²) in [6.45, 7) is 3.94. The van der Waals surface area contributed by atoms with Crippen molar-refractivity contribution in [3.05, 3.63) is 35.9 Å². The number of aliphatic carboxylic acids is 1. The van der Waals surface area contributed by atoms with E-state index >= 15 is 0 Å². The molecule has 228 valence electrons. The number of rotatable bonds is 18. The number of carbonyl (C=O) groups excluding carboxylic acids is 3. The Kier molecular flexibility index (Phi) is 15.2. The molecule has 0 spiro atoms. The summed E-state index contributed by atoms with van der Waals surface area (Å²) in [4.78, 5) is 58.8. The Morgan fingerprint density at radius 2 is 1.32 bits per heavy atom. The van der Waals surface area contributed by atoms with Crippen LogP contribution in [0.1, 0.15) is 45.1 Å². The lowest BCUT2D eigenvalue weighted by molar-refractivity contribution is -0.142. The van der Waals surface area contributed by atoms with Crippen molar-refractivity contribution in [1.29, 1.82) is 0 Å². The van der Waals surface area contributed by atoms with E-state index in [2.05, 4.69) is 25.9 Å². The van der Waals surface area contributed by atoms with Crippen molar-refractivity contribution < 1.29 is 24.3 Å². The third kappa shape index (κ3) is 14.0. The highest BCUT2D eigenvalue weighted by atomic mass is 16.4. The molecule has 4 unspecified atom stereocenters. The van der Waals surface area contributed by atoms with E-state index in [0.29, 0.717) is 24.9 Å². The number of nitrogens with two attached hydrogens (primary N) is 5. The second kappa shape index (κ2) is 18.0. The fourth-order valence-corrected chi connectivity index (χ4v) is 3.80. The smallest absolute Gasteiger partial charge is 0.326 e. The molecule has 41 heavy (non-hydrogen) atoms. The molecule has 0 aromatic heterocycles. The van der Waals surface area contributed by atoms with Gasteiger partial charge in [-0.15, -0.1) is 0 Å². The molecule has 0 saturated carbocycles. The largest absolute Gasteiger partial charge is 0.480 e. The van der Waals surface area contributed by atoms with Crippen molar-refractivity contribution in [3.63, 3.8) is 0 Å². The zero-order chi connectivity index (χ0) is 30.9. The van der Waals surface area contributed by atoms with Crippen LogP contribution in [0.25, 0.3) is 0 Å². The Bertz CT molecular complexity index is 1060. The molecular formula is C26H44N10O5. The molecule has 0 fully saturated rings. The lowest BCUT2D eigenvalue weighted by Crippen LogP contribution is -2.58. The molecule has 0 aliphatic heterocycles. The van der Waals surface area contributed by atoms with Crippen LogP contribution in [0.2, 0.25) is 0 Å². The summed E-state index contributed by atoms with van der Waals surface area (Å²) < 4.78 is 0. The van der Waals surface area contributed by atoms with Crippen LogP contribution in [0.3, 0.4) is 0 Å². The number of nitrogens with one attached hydrogen (secondary N) is 3. The first-order chi connectivity index (χ1) is 19.3. The molecule has 4 atom stereocenters. The minimum Gasteiger partial charge on any atom is -0.480 e. The lowest BCUT2D eigenvalue weighted by Gasteiger charge is -2.27. The Labute approximate surface area is 239 Å². The summed E-state index contributed by atoms with van der Waals surface area (Å²) in [7, 11) is 0. The van der Waals surface area contributed by atoms with Crippen LogP contribution >= 0.6 is 0 Å². The zero-order valence-corrected chi connectivity index (χ0v) is 23.6. The number of carbonyl (C=O) groups is 4. The van der Waals surface area contributed by atoms with Crippen molar-refractivity contribution in [3.8, 4) is 0 Å². The van der Waals surface area contributed by atoms with Crippen molar-refractivity contribution in [2.24, 2.45) is 44.6 Å². The van der Waals surface area contributed by atoms with Crippen LogP contribution in [0.4, 0.5) is 0 Å². The quantitative estimate of drug-likeness (QED) is 0.0519. The van der Waals surface area contributed by atoms with Gasteiger partial charge >= 0.3 is 5.97 Å². The van der Waals surface area contributed by atoms with E-state index in [-0.39, 0.29) is 43.6 Å². The molecule has 1 rings (SSSR count). The topological polar surface area (TPSA) is 279 Å². The average Bonchev–Trinajstić information content (AvgIpc) is 2.90. The van der Waals surface area contributed by atoms with Gasteiger partial charge in [-0.05, 0) is 37.2 Å². The van der Waals surface area contributed by atoms with Gasteiger partial charge in [-0.25, -0.2) is 4.79 Å². The van der Waals surface area contributed by atoms with Crippen molar-refractivity contribution >= 4 is 35.6 Å². The minimum absolute atomic E-state index is 0.0440. The van der Waals surface area contributed by atoms with E-state index in [0.717, 1.165) is 0 Å². The van der Waals surface area contributed by atoms with Gasteiger partial charge in [-0.3, -0.25) is 24.4 Å². The summed E-state index contributed by atoms with van der Waals surface area (Å²) in [6, 6.07) is 4.53. The van der Waals surface area contributed by atoms with Gasteiger partial charge in [0.1, 0.15) is 18.1 Å². The maximum atomic E-state index is 13.3. The maximum Gasteiger partial charge on any atom is 0.326 e. The van der Waals surface area contributed by atoms with E-state index in [4.69, 9.17) is 28.7 Å². The van der Waals surface area contributed by atoms with Crippen molar-refractivity contribution in [2.75, 3.05) is 13.1 Å². The number of carboxylic acids is 1. The number of aliphatic imine (C=N–C) groups is 2. The molecule has 0 aliphatic rings. The first kappa shape index (κ1) is 34.6. The fraction of sp³-hybridized carbons (Fsp3) is 0.538. The van der Waals surface area contributed by atoms with Gasteiger partial charge in [0.25, 0.3) is 0 Å². The van der Waals surface area contributed by atoms with E-state index < -0.39 is 47.9 Å². The van der Waals surface area contributed by atoms with Crippen LogP contribution in [0.5, 0.6) is 0 Å². The van der Waals surface area contributed by atoms with Gasteiger partial charge in [0.05, 0.1) is 6.04 Å². The second-order valence-electron chi connectivity index (χ2n) is 9.88. The zero-order valence-electron chi connectivity index (χ0n) is 23.6. The molecule has 0 saturated heterocycles. The van der Waals surface area contributed by atoms with E-state index in [1.54, 1.807) is 44.2 Å². The first-order valence-electron chi connectivity index (χ1n) is 13.4. The highest BCUT2D eigenvalue weighted by Gasteiger charge is 2.31. The van der Waals surface area contributed by atoms with Gasteiger partial charge in [-0.2, -0.15) is 0 Å². The fourth-order valence-electron chi connectivity index (χ4n) is 3.80. The van der Waals surface area contributed by atoms with E-state index in [1.807, 2.05) is 0 Å².